The van der Waals surface area contributed by atoms with Crippen LogP contribution >= 0.6 is 0 Å². The van der Waals surface area contributed by atoms with Crippen LogP contribution in [-0.2, 0) is 4.74 Å². The van der Waals surface area contributed by atoms with E-state index in [9.17, 15) is 10.2 Å². The van der Waals surface area contributed by atoms with Gasteiger partial charge in [0.2, 0.25) is 0 Å². The molecule has 0 radical (unpaired) electrons. The van der Waals surface area contributed by atoms with E-state index in [1.54, 1.807) is 14.0 Å². The van der Waals surface area contributed by atoms with Crippen molar-refractivity contribution in [3.63, 3.8) is 0 Å². The van der Waals surface area contributed by atoms with Crippen LogP contribution in [0.2, 0.25) is 0 Å². The molecule has 0 spiro atoms. The van der Waals surface area contributed by atoms with Crippen molar-refractivity contribution in [2.45, 2.75) is 56.8 Å². The highest BCUT2D eigenvalue weighted by atomic mass is 16.5. The van der Waals surface area contributed by atoms with Crippen LogP contribution in [0.1, 0.15) is 39.0 Å². The van der Waals surface area contributed by atoms with E-state index >= 15 is 0 Å². The highest BCUT2D eigenvalue weighted by molar-refractivity contribution is 4.92. The van der Waals surface area contributed by atoms with Gasteiger partial charge in [0, 0.05) is 7.11 Å². The Morgan fingerprint density at radius 3 is 2.15 bits per heavy atom. The fraction of sp³-hybridized carbons (Fsp3) is 1.00. The van der Waals surface area contributed by atoms with E-state index in [-0.39, 0.29) is 0 Å². The lowest BCUT2D eigenvalue weighted by molar-refractivity contribution is -0.151. The zero-order valence-corrected chi connectivity index (χ0v) is 8.49. The molecule has 1 aliphatic carbocycles. The molecule has 0 aromatic heterocycles. The van der Waals surface area contributed by atoms with Crippen LogP contribution in [-0.4, -0.2) is 35.1 Å². The molecule has 0 aromatic carbocycles. The van der Waals surface area contributed by atoms with E-state index in [0.717, 1.165) is 25.7 Å². The second-order valence-electron chi connectivity index (χ2n) is 4.06. The second-order valence-corrected chi connectivity index (χ2v) is 4.06. The standard InChI is InChI=1S/C10H20O3/c1-8(11)9(13-2)10(12)6-4-3-5-7-10/h8-9,11-12H,3-7H2,1-2H3. The SMILES string of the molecule is COC(C(C)O)C1(O)CCCCC1. The van der Waals surface area contributed by atoms with Gasteiger partial charge in [-0.1, -0.05) is 19.3 Å². The van der Waals surface area contributed by atoms with E-state index in [4.69, 9.17) is 4.74 Å². The molecule has 2 unspecified atom stereocenters. The van der Waals surface area contributed by atoms with E-state index in [2.05, 4.69) is 0 Å². The van der Waals surface area contributed by atoms with Crippen molar-refractivity contribution < 1.29 is 14.9 Å². The monoisotopic (exact) mass is 188 g/mol. The maximum absolute atomic E-state index is 10.2. The van der Waals surface area contributed by atoms with Crippen LogP contribution in [0.3, 0.4) is 0 Å². The van der Waals surface area contributed by atoms with Crippen LogP contribution in [0, 0.1) is 0 Å². The predicted molar refractivity (Wildman–Crippen MR) is 50.5 cm³/mol. The first-order valence-corrected chi connectivity index (χ1v) is 5.03. The minimum Gasteiger partial charge on any atom is -0.391 e. The van der Waals surface area contributed by atoms with E-state index in [0.29, 0.717) is 0 Å². The molecule has 0 aromatic rings. The van der Waals surface area contributed by atoms with E-state index < -0.39 is 17.8 Å². The van der Waals surface area contributed by atoms with Gasteiger partial charge in [0.1, 0.15) is 6.10 Å². The van der Waals surface area contributed by atoms with Crippen molar-refractivity contribution in [3.8, 4) is 0 Å². The van der Waals surface area contributed by atoms with Crippen LogP contribution in [0.15, 0.2) is 0 Å². The highest BCUT2D eigenvalue weighted by Gasteiger charge is 2.40. The van der Waals surface area contributed by atoms with Crippen molar-refractivity contribution in [3.05, 3.63) is 0 Å². The topological polar surface area (TPSA) is 49.7 Å². The molecule has 0 aliphatic heterocycles. The van der Waals surface area contributed by atoms with Crippen molar-refractivity contribution in [1.82, 2.24) is 0 Å². The molecule has 2 N–H and O–H groups in total. The van der Waals surface area contributed by atoms with Gasteiger partial charge in [-0.2, -0.15) is 0 Å². The Kier molecular flexibility index (Phi) is 3.71. The molecule has 3 nitrogen and oxygen atoms in total. The van der Waals surface area contributed by atoms with Crippen LogP contribution in [0.5, 0.6) is 0 Å². The minimum absolute atomic E-state index is 0.437. The van der Waals surface area contributed by atoms with Gasteiger partial charge < -0.3 is 14.9 Å². The highest BCUT2D eigenvalue weighted by Crippen LogP contribution is 2.33. The minimum atomic E-state index is -0.804. The van der Waals surface area contributed by atoms with Gasteiger partial charge in [-0.05, 0) is 19.8 Å². The fourth-order valence-corrected chi connectivity index (χ4v) is 2.31. The Labute approximate surface area is 79.7 Å². The molecular weight excluding hydrogens is 168 g/mol. The summed E-state index contributed by atoms with van der Waals surface area (Å²) in [5, 5.41) is 19.7. The number of methoxy groups -OCH3 is 1. The molecule has 13 heavy (non-hydrogen) atoms. The molecule has 0 heterocycles. The van der Waals surface area contributed by atoms with Gasteiger partial charge in [0.15, 0.2) is 0 Å². The maximum Gasteiger partial charge on any atom is 0.111 e. The molecule has 2 atom stereocenters. The van der Waals surface area contributed by atoms with Gasteiger partial charge in [-0.15, -0.1) is 0 Å². The normalized spacial score (nSPS) is 26.8. The molecule has 0 saturated heterocycles. The summed E-state index contributed by atoms with van der Waals surface area (Å²) in [6.07, 6.45) is 3.69. The summed E-state index contributed by atoms with van der Waals surface area (Å²) < 4.78 is 5.15. The van der Waals surface area contributed by atoms with Gasteiger partial charge in [-0.25, -0.2) is 0 Å². The molecule has 1 aliphatic rings. The quantitative estimate of drug-likeness (QED) is 0.696. The third-order valence-corrected chi connectivity index (χ3v) is 2.94. The first-order chi connectivity index (χ1) is 6.10. The lowest BCUT2D eigenvalue weighted by Gasteiger charge is -2.39. The zero-order valence-electron chi connectivity index (χ0n) is 8.49. The van der Waals surface area contributed by atoms with Gasteiger partial charge in [-0.3, -0.25) is 0 Å². The number of rotatable bonds is 3. The molecule has 3 heteroatoms. The molecule has 0 amide bonds. The van der Waals surface area contributed by atoms with E-state index in [1.165, 1.54) is 6.42 Å². The number of aliphatic hydroxyl groups is 2. The average molecular weight is 188 g/mol. The Hall–Kier alpha value is -0.120. The summed E-state index contributed by atoms with van der Waals surface area (Å²) in [5.74, 6) is 0. The van der Waals surface area contributed by atoms with Gasteiger partial charge in [0.25, 0.3) is 0 Å². The Balaban J connectivity index is 2.63. The number of hydrogen-bond donors (Lipinski definition) is 2. The van der Waals surface area contributed by atoms with Crippen LogP contribution in [0.25, 0.3) is 0 Å². The average Bonchev–Trinajstić information content (AvgIpc) is 2.05. The molecule has 78 valence electrons. The summed E-state index contributed by atoms with van der Waals surface area (Å²) in [4.78, 5) is 0. The first-order valence-electron chi connectivity index (χ1n) is 5.03. The van der Waals surface area contributed by atoms with Crippen LogP contribution in [0.4, 0.5) is 0 Å². The lowest BCUT2D eigenvalue weighted by Crippen LogP contribution is -2.50. The summed E-state index contributed by atoms with van der Waals surface area (Å²) in [6, 6.07) is 0. The van der Waals surface area contributed by atoms with Crippen molar-refractivity contribution in [2.75, 3.05) is 7.11 Å². The molecule has 1 fully saturated rings. The fourth-order valence-electron chi connectivity index (χ4n) is 2.31. The predicted octanol–water partition coefficient (Wildman–Crippen LogP) is 1.08. The Morgan fingerprint density at radius 1 is 1.23 bits per heavy atom. The van der Waals surface area contributed by atoms with E-state index in [1.807, 2.05) is 0 Å². The summed E-state index contributed by atoms with van der Waals surface area (Å²) in [5.41, 5.74) is -0.804. The number of ether oxygens (including phenoxy) is 1. The smallest absolute Gasteiger partial charge is 0.111 e. The Morgan fingerprint density at radius 2 is 1.77 bits per heavy atom. The van der Waals surface area contributed by atoms with Crippen molar-refractivity contribution in [2.24, 2.45) is 0 Å². The lowest BCUT2D eigenvalue weighted by atomic mass is 9.79. The van der Waals surface area contributed by atoms with Crippen molar-refractivity contribution >= 4 is 0 Å². The molecule has 1 rings (SSSR count). The third kappa shape index (κ3) is 2.42. The largest absolute Gasteiger partial charge is 0.391 e. The maximum atomic E-state index is 10.2. The zero-order chi connectivity index (χ0) is 9.90. The molecule has 0 bridgehead atoms. The second kappa shape index (κ2) is 4.40. The van der Waals surface area contributed by atoms with Gasteiger partial charge >= 0.3 is 0 Å². The third-order valence-electron chi connectivity index (χ3n) is 2.94. The molecule has 1 saturated carbocycles. The number of hydrogen-bond acceptors (Lipinski definition) is 3. The number of aliphatic hydroxyl groups excluding tert-OH is 1. The summed E-state index contributed by atoms with van der Waals surface area (Å²) >= 11 is 0. The van der Waals surface area contributed by atoms with Gasteiger partial charge in [0.05, 0.1) is 11.7 Å². The summed E-state index contributed by atoms with van der Waals surface area (Å²) in [6.45, 7) is 1.67. The Bertz CT molecular complexity index is 150. The van der Waals surface area contributed by atoms with Crippen molar-refractivity contribution in [1.29, 1.82) is 0 Å². The molecular formula is C10H20O3. The summed E-state index contributed by atoms with van der Waals surface area (Å²) in [7, 11) is 1.55. The first kappa shape index (κ1) is 11.0. The van der Waals surface area contributed by atoms with Crippen LogP contribution < -0.4 is 0 Å².